The van der Waals surface area contributed by atoms with Gasteiger partial charge in [0.25, 0.3) is 5.78 Å². The van der Waals surface area contributed by atoms with Gasteiger partial charge in [0.2, 0.25) is 4.77 Å². The van der Waals surface area contributed by atoms with Crippen LogP contribution in [0.15, 0.2) is 6.07 Å². The summed E-state index contributed by atoms with van der Waals surface area (Å²) in [5.74, 6) is 0.677. The Morgan fingerprint density at radius 2 is 2.05 bits per heavy atom. The second-order valence-corrected chi connectivity index (χ2v) is 5.19. The van der Waals surface area contributed by atoms with Crippen LogP contribution in [0.5, 0.6) is 0 Å². The minimum absolute atomic E-state index is 0.677. The molecule has 1 fully saturated rings. The van der Waals surface area contributed by atoms with E-state index in [2.05, 4.69) is 15.0 Å². The molecule has 0 spiro atoms. The smallest absolute Gasteiger partial charge is 0.254 e. The number of morpholine rings is 1. The fourth-order valence-corrected chi connectivity index (χ4v) is 2.68. The van der Waals surface area contributed by atoms with Crippen LogP contribution in [0.1, 0.15) is 11.4 Å². The predicted octanol–water partition coefficient (Wildman–Crippen LogP) is 1.17. The zero-order valence-corrected chi connectivity index (χ0v) is 12.0. The summed E-state index contributed by atoms with van der Waals surface area (Å²) in [6.07, 6.45) is 0. The SMILES string of the molecule is Cc1cc(C)n2c(=S)n(CN3CCOCC3)nc2n1. The average Bonchev–Trinajstić information content (AvgIpc) is 2.67. The standard InChI is InChI=1S/C12H17N5OS/c1-9-7-10(2)17-11(13-9)14-16(12(17)19)8-15-3-5-18-6-4-15/h7H,3-6,8H2,1-2H3. The molecule has 3 heterocycles. The molecule has 1 aliphatic rings. The largest absolute Gasteiger partial charge is 0.379 e. The lowest BCUT2D eigenvalue weighted by molar-refractivity contribution is 0.0210. The maximum Gasteiger partial charge on any atom is 0.254 e. The van der Waals surface area contributed by atoms with Crippen LogP contribution in [0.3, 0.4) is 0 Å². The number of hydrogen-bond donors (Lipinski definition) is 0. The summed E-state index contributed by atoms with van der Waals surface area (Å²) >= 11 is 5.49. The molecule has 1 aliphatic heterocycles. The fraction of sp³-hybridized carbons (Fsp3) is 0.583. The molecule has 2 aromatic rings. The van der Waals surface area contributed by atoms with Gasteiger partial charge >= 0.3 is 0 Å². The quantitative estimate of drug-likeness (QED) is 0.772. The molecule has 0 atom stereocenters. The molecule has 102 valence electrons. The maximum absolute atomic E-state index is 5.49. The van der Waals surface area contributed by atoms with E-state index in [1.54, 1.807) is 0 Å². The third kappa shape index (κ3) is 2.41. The van der Waals surface area contributed by atoms with E-state index in [0.717, 1.165) is 37.7 Å². The van der Waals surface area contributed by atoms with Gasteiger partial charge in [0.05, 0.1) is 19.9 Å². The summed E-state index contributed by atoms with van der Waals surface area (Å²) in [6, 6.07) is 2.02. The van der Waals surface area contributed by atoms with E-state index in [0.29, 0.717) is 17.2 Å². The van der Waals surface area contributed by atoms with Crippen molar-refractivity contribution in [1.29, 1.82) is 0 Å². The van der Waals surface area contributed by atoms with Crippen LogP contribution in [0, 0.1) is 18.6 Å². The molecule has 0 unspecified atom stereocenters. The number of aromatic nitrogens is 4. The number of ether oxygens (including phenoxy) is 1. The second-order valence-electron chi connectivity index (χ2n) is 4.83. The van der Waals surface area contributed by atoms with E-state index in [1.807, 2.05) is 29.0 Å². The lowest BCUT2D eigenvalue weighted by Crippen LogP contribution is -2.37. The van der Waals surface area contributed by atoms with Crippen molar-refractivity contribution in [3.05, 3.63) is 22.2 Å². The van der Waals surface area contributed by atoms with Crippen LogP contribution in [0.25, 0.3) is 5.78 Å². The van der Waals surface area contributed by atoms with Crippen molar-refractivity contribution in [2.75, 3.05) is 26.3 Å². The van der Waals surface area contributed by atoms with E-state index in [9.17, 15) is 0 Å². The molecular formula is C12H17N5OS. The van der Waals surface area contributed by atoms with Crippen molar-refractivity contribution >= 4 is 18.0 Å². The molecule has 0 aliphatic carbocycles. The van der Waals surface area contributed by atoms with E-state index in [-0.39, 0.29) is 0 Å². The zero-order valence-electron chi connectivity index (χ0n) is 11.2. The van der Waals surface area contributed by atoms with Gasteiger partial charge in [-0.05, 0) is 32.1 Å². The highest BCUT2D eigenvalue weighted by Gasteiger charge is 2.14. The summed E-state index contributed by atoms with van der Waals surface area (Å²) in [5.41, 5.74) is 2.03. The number of rotatable bonds is 2. The molecule has 1 saturated heterocycles. The van der Waals surface area contributed by atoms with Gasteiger partial charge in [0, 0.05) is 24.5 Å². The van der Waals surface area contributed by atoms with Gasteiger partial charge in [-0.2, -0.15) is 0 Å². The van der Waals surface area contributed by atoms with E-state index >= 15 is 0 Å². The van der Waals surface area contributed by atoms with Crippen LogP contribution >= 0.6 is 12.2 Å². The van der Waals surface area contributed by atoms with Gasteiger partial charge in [-0.15, -0.1) is 5.10 Å². The van der Waals surface area contributed by atoms with E-state index < -0.39 is 0 Å². The Bertz CT molecular complexity index is 656. The van der Waals surface area contributed by atoms with Crippen LogP contribution in [-0.2, 0) is 11.4 Å². The first-order valence-corrected chi connectivity index (χ1v) is 6.80. The van der Waals surface area contributed by atoms with Crippen LogP contribution in [0.2, 0.25) is 0 Å². The van der Waals surface area contributed by atoms with Crippen LogP contribution in [-0.4, -0.2) is 50.4 Å². The van der Waals surface area contributed by atoms with Crippen molar-refractivity contribution in [3.8, 4) is 0 Å². The molecule has 6 nitrogen and oxygen atoms in total. The van der Waals surface area contributed by atoms with Gasteiger partial charge < -0.3 is 4.74 Å². The number of aryl methyl sites for hydroxylation is 2. The first kappa shape index (κ1) is 12.7. The van der Waals surface area contributed by atoms with Gasteiger partial charge in [-0.25, -0.2) is 9.67 Å². The summed E-state index contributed by atoms with van der Waals surface area (Å²) < 4.78 is 9.81. The zero-order chi connectivity index (χ0) is 13.4. The molecule has 0 amide bonds. The van der Waals surface area contributed by atoms with Crippen molar-refractivity contribution in [3.63, 3.8) is 0 Å². The molecule has 2 aromatic heterocycles. The van der Waals surface area contributed by atoms with Gasteiger partial charge in [-0.1, -0.05) is 0 Å². The molecule has 0 bridgehead atoms. The number of hydrogen-bond acceptors (Lipinski definition) is 5. The van der Waals surface area contributed by atoms with Crippen molar-refractivity contribution in [2.45, 2.75) is 20.5 Å². The van der Waals surface area contributed by atoms with Crippen LogP contribution < -0.4 is 0 Å². The first-order chi connectivity index (χ1) is 9.15. The summed E-state index contributed by atoms with van der Waals surface area (Å²) in [5, 5.41) is 4.51. The van der Waals surface area contributed by atoms with Gasteiger partial charge in [0.1, 0.15) is 0 Å². The number of nitrogens with zero attached hydrogens (tertiary/aromatic N) is 5. The molecule has 19 heavy (non-hydrogen) atoms. The first-order valence-electron chi connectivity index (χ1n) is 6.39. The van der Waals surface area contributed by atoms with Crippen molar-refractivity contribution < 1.29 is 4.74 Å². The van der Waals surface area contributed by atoms with Crippen LogP contribution in [0.4, 0.5) is 0 Å². The molecule has 0 aromatic carbocycles. The highest BCUT2D eigenvalue weighted by molar-refractivity contribution is 7.71. The van der Waals surface area contributed by atoms with E-state index in [4.69, 9.17) is 17.0 Å². The Kier molecular flexibility index (Phi) is 3.34. The topological polar surface area (TPSA) is 47.6 Å². The molecular weight excluding hydrogens is 262 g/mol. The normalized spacial score (nSPS) is 17.2. The Balaban J connectivity index is 1.98. The van der Waals surface area contributed by atoms with E-state index in [1.165, 1.54) is 0 Å². The highest BCUT2D eigenvalue weighted by Crippen LogP contribution is 2.08. The Morgan fingerprint density at radius 1 is 1.32 bits per heavy atom. The lowest BCUT2D eigenvalue weighted by atomic mass is 10.3. The van der Waals surface area contributed by atoms with Crippen molar-refractivity contribution in [1.82, 2.24) is 24.1 Å². The Labute approximate surface area is 116 Å². The molecule has 0 saturated carbocycles. The predicted molar refractivity (Wildman–Crippen MR) is 73.7 cm³/mol. The Hall–Kier alpha value is -1.31. The average molecular weight is 279 g/mol. The molecule has 0 radical (unpaired) electrons. The maximum atomic E-state index is 5.49. The number of fused-ring (bicyclic) bond motifs is 1. The monoisotopic (exact) mass is 279 g/mol. The van der Waals surface area contributed by atoms with Gasteiger partial charge in [-0.3, -0.25) is 9.30 Å². The Morgan fingerprint density at radius 3 is 2.79 bits per heavy atom. The summed E-state index contributed by atoms with van der Waals surface area (Å²) in [7, 11) is 0. The molecule has 7 heteroatoms. The summed E-state index contributed by atoms with van der Waals surface area (Å²) in [4.78, 5) is 6.72. The minimum atomic E-state index is 0.677. The third-order valence-corrected chi connectivity index (χ3v) is 3.70. The molecule has 3 rings (SSSR count). The van der Waals surface area contributed by atoms with Gasteiger partial charge in [0.15, 0.2) is 0 Å². The second kappa shape index (κ2) is 4.99. The molecule has 0 N–H and O–H groups in total. The fourth-order valence-electron chi connectivity index (χ4n) is 2.36. The minimum Gasteiger partial charge on any atom is -0.379 e. The lowest BCUT2D eigenvalue weighted by Gasteiger charge is -2.25. The highest BCUT2D eigenvalue weighted by atomic mass is 32.1. The van der Waals surface area contributed by atoms with Crippen molar-refractivity contribution in [2.24, 2.45) is 0 Å². The third-order valence-electron chi connectivity index (χ3n) is 3.31. The summed E-state index contributed by atoms with van der Waals surface area (Å²) in [6.45, 7) is 8.08.